The minimum atomic E-state index is -3.56. The van der Waals surface area contributed by atoms with Gasteiger partial charge in [-0.3, -0.25) is 4.79 Å². The van der Waals surface area contributed by atoms with Crippen LogP contribution in [0.25, 0.3) is 0 Å². The van der Waals surface area contributed by atoms with E-state index in [-0.39, 0.29) is 22.3 Å². The van der Waals surface area contributed by atoms with Crippen molar-refractivity contribution in [2.75, 3.05) is 26.3 Å². The highest BCUT2D eigenvalue weighted by Gasteiger charge is 2.46. The molecule has 3 aliphatic rings. The van der Waals surface area contributed by atoms with Gasteiger partial charge in [0.1, 0.15) is 13.2 Å². The second-order valence-electron chi connectivity index (χ2n) is 9.21. The van der Waals surface area contributed by atoms with Crippen molar-refractivity contribution in [3.05, 3.63) is 53.1 Å². The number of rotatable bonds is 4. The SMILES string of the molecule is CCNS(=O)(=O)c1ccc(C(=O)N2CC3(CCCC3)c3cc4c(cc3[C@H]2C)OCCO4)cc1. The molecule has 2 aliphatic heterocycles. The summed E-state index contributed by atoms with van der Waals surface area (Å²) in [4.78, 5) is 15.7. The molecule has 0 aromatic heterocycles. The van der Waals surface area contributed by atoms with Crippen LogP contribution in [0.15, 0.2) is 41.3 Å². The second-order valence-corrected chi connectivity index (χ2v) is 11.0. The zero-order chi connectivity index (χ0) is 23.2. The van der Waals surface area contributed by atoms with Crippen molar-refractivity contribution in [3.63, 3.8) is 0 Å². The first-order valence-electron chi connectivity index (χ1n) is 11.7. The lowest BCUT2D eigenvalue weighted by Crippen LogP contribution is -2.48. The Morgan fingerprint density at radius 3 is 2.36 bits per heavy atom. The summed E-state index contributed by atoms with van der Waals surface area (Å²) >= 11 is 0. The fourth-order valence-electron chi connectivity index (χ4n) is 5.57. The van der Waals surface area contributed by atoms with E-state index in [0.717, 1.165) is 42.7 Å². The Balaban J connectivity index is 1.50. The summed E-state index contributed by atoms with van der Waals surface area (Å²) in [6, 6.07) is 10.3. The molecule has 1 amide bonds. The van der Waals surface area contributed by atoms with Gasteiger partial charge in [0.15, 0.2) is 11.5 Å². The molecule has 5 rings (SSSR count). The number of nitrogens with one attached hydrogen (secondary N) is 1. The van der Waals surface area contributed by atoms with Crippen molar-refractivity contribution in [1.82, 2.24) is 9.62 Å². The van der Waals surface area contributed by atoms with Gasteiger partial charge in [-0.1, -0.05) is 19.8 Å². The maximum Gasteiger partial charge on any atom is 0.254 e. The predicted octanol–water partition coefficient (Wildman–Crippen LogP) is 3.78. The summed E-state index contributed by atoms with van der Waals surface area (Å²) in [5.41, 5.74) is 2.81. The standard InChI is InChI=1S/C25H30N2O5S/c1-3-26-33(29,30)19-8-6-18(7-9-19)24(28)27-16-25(10-4-5-11-25)21-15-23-22(31-12-13-32-23)14-20(21)17(27)2/h6-9,14-15,17,26H,3-5,10-13,16H2,1-2H3/t17-/m1/s1. The number of benzene rings is 2. The average molecular weight is 471 g/mol. The van der Waals surface area contributed by atoms with Crippen LogP contribution in [0.2, 0.25) is 0 Å². The first-order valence-corrected chi connectivity index (χ1v) is 13.2. The zero-order valence-electron chi connectivity index (χ0n) is 19.1. The Morgan fingerprint density at radius 2 is 1.73 bits per heavy atom. The third-order valence-electron chi connectivity index (χ3n) is 7.24. The topological polar surface area (TPSA) is 84.9 Å². The first-order chi connectivity index (χ1) is 15.8. The molecule has 7 nitrogen and oxygen atoms in total. The van der Waals surface area contributed by atoms with E-state index >= 15 is 0 Å². The van der Waals surface area contributed by atoms with Gasteiger partial charge >= 0.3 is 0 Å². The normalized spacial score (nSPS) is 21.2. The second kappa shape index (κ2) is 8.33. The quantitative estimate of drug-likeness (QED) is 0.735. The molecule has 1 saturated carbocycles. The summed E-state index contributed by atoms with van der Waals surface area (Å²) in [5, 5.41) is 0. The number of carbonyl (C=O) groups is 1. The molecule has 1 spiro atoms. The number of hydrogen-bond acceptors (Lipinski definition) is 5. The number of sulfonamides is 1. The fourth-order valence-corrected chi connectivity index (χ4v) is 6.61. The van der Waals surface area contributed by atoms with Crippen LogP contribution in [0.3, 0.4) is 0 Å². The van der Waals surface area contributed by atoms with Crippen LogP contribution in [-0.4, -0.2) is 45.5 Å². The molecular formula is C25H30N2O5S. The van der Waals surface area contributed by atoms with Crippen LogP contribution in [0.1, 0.15) is 67.1 Å². The van der Waals surface area contributed by atoms with Crippen molar-refractivity contribution in [2.24, 2.45) is 0 Å². The minimum Gasteiger partial charge on any atom is -0.486 e. The van der Waals surface area contributed by atoms with Crippen LogP contribution in [0, 0.1) is 0 Å². The van der Waals surface area contributed by atoms with Gasteiger partial charge in [-0.25, -0.2) is 13.1 Å². The highest BCUT2D eigenvalue weighted by molar-refractivity contribution is 7.89. The van der Waals surface area contributed by atoms with Gasteiger partial charge in [-0.2, -0.15) is 0 Å². The lowest BCUT2D eigenvalue weighted by molar-refractivity contribution is 0.0593. The molecule has 2 aromatic rings. The van der Waals surface area contributed by atoms with Crippen LogP contribution >= 0.6 is 0 Å². The van der Waals surface area contributed by atoms with E-state index in [2.05, 4.69) is 23.8 Å². The molecule has 1 aliphatic carbocycles. The van der Waals surface area contributed by atoms with Crippen molar-refractivity contribution < 1.29 is 22.7 Å². The van der Waals surface area contributed by atoms with Gasteiger partial charge in [0.2, 0.25) is 10.0 Å². The molecule has 0 bridgehead atoms. The van der Waals surface area contributed by atoms with Gasteiger partial charge in [0.05, 0.1) is 10.9 Å². The van der Waals surface area contributed by atoms with Gasteiger partial charge in [-0.05, 0) is 67.3 Å². The van der Waals surface area contributed by atoms with E-state index in [4.69, 9.17) is 9.47 Å². The van der Waals surface area contributed by atoms with Crippen molar-refractivity contribution in [1.29, 1.82) is 0 Å². The Kier molecular flexibility index (Phi) is 5.61. The zero-order valence-corrected chi connectivity index (χ0v) is 19.9. The van der Waals surface area contributed by atoms with Gasteiger partial charge in [0.25, 0.3) is 5.91 Å². The number of nitrogens with zero attached hydrogens (tertiary/aromatic N) is 1. The Hall–Kier alpha value is -2.58. The average Bonchev–Trinajstić information content (AvgIpc) is 3.29. The molecule has 2 aromatic carbocycles. The number of carbonyl (C=O) groups excluding carboxylic acids is 1. The molecule has 33 heavy (non-hydrogen) atoms. The van der Waals surface area contributed by atoms with Crippen molar-refractivity contribution in [2.45, 2.75) is 55.9 Å². The predicted molar refractivity (Wildman–Crippen MR) is 124 cm³/mol. The maximum atomic E-state index is 13.6. The summed E-state index contributed by atoms with van der Waals surface area (Å²) < 4.78 is 38.7. The lowest BCUT2D eigenvalue weighted by Gasteiger charge is -2.46. The van der Waals surface area contributed by atoms with Gasteiger partial charge in [0, 0.05) is 24.1 Å². The summed E-state index contributed by atoms with van der Waals surface area (Å²) in [7, 11) is -3.56. The van der Waals surface area contributed by atoms with Crippen LogP contribution in [0.4, 0.5) is 0 Å². The smallest absolute Gasteiger partial charge is 0.254 e. The van der Waals surface area contributed by atoms with Crippen molar-refractivity contribution >= 4 is 15.9 Å². The molecule has 1 atom stereocenters. The Bertz CT molecular complexity index is 1170. The molecule has 1 fully saturated rings. The van der Waals surface area contributed by atoms with E-state index in [1.165, 1.54) is 17.7 Å². The molecule has 0 saturated heterocycles. The molecule has 0 radical (unpaired) electrons. The largest absolute Gasteiger partial charge is 0.486 e. The Morgan fingerprint density at radius 1 is 1.09 bits per heavy atom. The van der Waals surface area contributed by atoms with E-state index in [9.17, 15) is 13.2 Å². The van der Waals surface area contributed by atoms with Crippen LogP contribution < -0.4 is 14.2 Å². The molecule has 0 unspecified atom stereocenters. The maximum absolute atomic E-state index is 13.6. The molecule has 1 N–H and O–H groups in total. The number of hydrogen-bond donors (Lipinski definition) is 1. The number of ether oxygens (including phenoxy) is 2. The third-order valence-corrected chi connectivity index (χ3v) is 8.81. The third kappa shape index (κ3) is 3.79. The van der Waals surface area contributed by atoms with Crippen LogP contribution in [-0.2, 0) is 15.4 Å². The van der Waals surface area contributed by atoms with Crippen LogP contribution in [0.5, 0.6) is 11.5 Å². The highest BCUT2D eigenvalue weighted by atomic mass is 32.2. The summed E-state index contributed by atoms with van der Waals surface area (Å²) in [6.45, 7) is 5.83. The minimum absolute atomic E-state index is 0.0817. The Labute approximate surface area is 195 Å². The molecule has 176 valence electrons. The first kappa shape index (κ1) is 22.2. The number of amides is 1. The van der Waals surface area contributed by atoms with Crippen molar-refractivity contribution in [3.8, 4) is 11.5 Å². The monoisotopic (exact) mass is 470 g/mol. The number of fused-ring (bicyclic) bond motifs is 3. The van der Waals surface area contributed by atoms with E-state index in [1.807, 2.05) is 4.90 Å². The molecular weight excluding hydrogens is 440 g/mol. The fraction of sp³-hybridized carbons (Fsp3) is 0.480. The van der Waals surface area contributed by atoms with Gasteiger partial charge < -0.3 is 14.4 Å². The van der Waals surface area contributed by atoms with E-state index in [1.54, 1.807) is 19.1 Å². The lowest BCUT2D eigenvalue weighted by atomic mass is 9.71. The van der Waals surface area contributed by atoms with Gasteiger partial charge in [-0.15, -0.1) is 0 Å². The molecule has 2 heterocycles. The van der Waals surface area contributed by atoms with E-state index < -0.39 is 10.0 Å². The van der Waals surface area contributed by atoms with E-state index in [0.29, 0.717) is 31.9 Å². The molecule has 8 heteroatoms. The highest BCUT2D eigenvalue weighted by Crippen LogP contribution is 2.52. The summed E-state index contributed by atoms with van der Waals surface area (Å²) in [6.07, 6.45) is 4.36. The summed E-state index contributed by atoms with van der Waals surface area (Å²) in [5.74, 6) is 1.46.